The number of carbonyl (C=O) groups excluding carboxylic acids is 1. The average Bonchev–Trinajstić information content (AvgIpc) is 2.46. The third kappa shape index (κ3) is 4.62. The zero-order chi connectivity index (χ0) is 15.2. The van der Waals surface area contributed by atoms with Crippen molar-refractivity contribution in [2.75, 3.05) is 5.32 Å². The maximum Gasteiger partial charge on any atom is 0.323 e. The third-order valence-corrected chi connectivity index (χ3v) is 3.81. The van der Waals surface area contributed by atoms with E-state index in [-0.39, 0.29) is 6.03 Å². The molecule has 5 heteroatoms. The van der Waals surface area contributed by atoms with Gasteiger partial charge in [-0.15, -0.1) is 0 Å². The van der Waals surface area contributed by atoms with Gasteiger partial charge in [-0.25, -0.2) is 4.79 Å². The molecule has 0 aromatic heterocycles. The van der Waals surface area contributed by atoms with E-state index in [1.807, 2.05) is 37.3 Å². The van der Waals surface area contributed by atoms with Crippen LogP contribution in [0.2, 0.25) is 5.02 Å². The van der Waals surface area contributed by atoms with E-state index in [0.717, 1.165) is 15.6 Å². The number of hydrogen-bond acceptors (Lipinski definition) is 1. The Morgan fingerprint density at radius 1 is 1.19 bits per heavy atom. The number of nitrogens with one attached hydrogen (secondary N) is 2. The molecule has 0 radical (unpaired) electrons. The lowest BCUT2D eigenvalue weighted by molar-refractivity contribution is 0.255. The fourth-order valence-corrected chi connectivity index (χ4v) is 2.13. The Labute approximate surface area is 137 Å². The third-order valence-electron chi connectivity index (χ3n) is 2.88. The zero-order valence-corrected chi connectivity index (χ0v) is 13.7. The van der Waals surface area contributed by atoms with Gasteiger partial charge in [-0.05, 0) is 48.4 Å². The SMILES string of the molecule is Cc1c(Cl)cccc1NC(=O)N/C=C/c1ccc(Br)cc1. The van der Waals surface area contributed by atoms with Gasteiger partial charge in [0.2, 0.25) is 0 Å². The second kappa shape index (κ2) is 7.29. The monoisotopic (exact) mass is 364 g/mol. The van der Waals surface area contributed by atoms with Crippen LogP contribution in [0.5, 0.6) is 0 Å². The Morgan fingerprint density at radius 2 is 1.90 bits per heavy atom. The van der Waals surface area contributed by atoms with Gasteiger partial charge in [0.1, 0.15) is 0 Å². The van der Waals surface area contributed by atoms with E-state index in [1.54, 1.807) is 24.4 Å². The molecular formula is C16H14BrClN2O. The Kier molecular flexibility index (Phi) is 5.42. The van der Waals surface area contributed by atoms with Crippen molar-refractivity contribution in [1.82, 2.24) is 5.32 Å². The molecule has 0 aliphatic heterocycles. The first-order chi connectivity index (χ1) is 10.1. The first-order valence-electron chi connectivity index (χ1n) is 6.31. The van der Waals surface area contributed by atoms with Crippen LogP contribution < -0.4 is 10.6 Å². The van der Waals surface area contributed by atoms with Crippen LogP contribution in [0.25, 0.3) is 6.08 Å². The van der Waals surface area contributed by atoms with Crippen molar-refractivity contribution < 1.29 is 4.79 Å². The smallest absolute Gasteiger partial charge is 0.314 e. The van der Waals surface area contributed by atoms with Gasteiger partial charge in [0.25, 0.3) is 0 Å². The Bertz CT molecular complexity index is 668. The number of hydrogen-bond donors (Lipinski definition) is 2. The Balaban J connectivity index is 1.93. The summed E-state index contributed by atoms with van der Waals surface area (Å²) in [6.07, 6.45) is 3.41. The molecule has 2 rings (SSSR count). The molecule has 0 spiro atoms. The van der Waals surface area contributed by atoms with Gasteiger partial charge < -0.3 is 10.6 Å². The Hall–Kier alpha value is -1.78. The van der Waals surface area contributed by atoms with Crippen molar-refractivity contribution in [2.45, 2.75) is 6.92 Å². The lowest BCUT2D eigenvalue weighted by Gasteiger charge is -2.08. The summed E-state index contributed by atoms with van der Waals surface area (Å²) in [4.78, 5) is 11.8. The number of halogens is 2. The van der Waals surface area contributed by atoms with Gasteiger partial charge in [-0.2, -0.15) is 0 Å². The molecule has 21 heavy (non-hydrogen) atoms. The molecule has 0 heterocycles. The normalized spacial score (nSPS) is 10.6. The van der Waals surface area contributed by atoms with Crippen LogP contribution in [-0.4, -0.2) is 6.03 Å². The molecule has 0 saturated carbocycles. The summed E-state index contributed by atoms with van der Waals surface area (Å²) in [6.45, 7) is 1.86. The van der Waals surface area contributed by atoms with Crippen molar-refractivity contribution in [1.29, 1.82) is 0 Å². The van der Waals surface area contributed by atoms with Gasteiger partial charge in [0.05, 0.1) is 0 Å². The maximum atomic E-state index is 11.8. The quantitative estimate of drug-likeness (QED) is 0.771. The summed E-state index contributed by atoms with van der Waals surface area (Å²) in [5, 5.41) is 6.03. The van der Waals surface area contributed by atoms with E-state index in [1.165, 1.54) is 0 Å². The lowest BCUT2D eigenvalue weighted by Crippen LogP contribution is -2.24. The Morgan fingerprint density at radius 3 is 2.62 bits per heavy atom. The summed E-state index contributed by atoms with van der Waals surface area (Å²) in [5.74, 6) is 0. The molecule has 0 aliphatic carbocycles. The fourth-order valence-electron chi connectivity index (χ4n) is 1.69. The number of amides is 2. The van der Waals surface area contributed by atoms with Gasteiger partial charge in [0.15, 0.2) is 0 Å². The van der Waals surface area contributed by atoms with Crippen LogP contribution in [0.3, 0.4) is 0 Å². The summed E-state index contributed by atoms with van der Waals surface area (Å²) >= 11 is 9.38. The van der Waals surface area contributed by atoms with Crippen LogP contribution in [0, 0.1) is 6.92 Å². The highest BCUT2D eigenvalue weighted by Gasteiger charge is 2.04. The summed E-state index contributed by atoms with van der Waals surface area (Å²) in [6, 6.07) is 12.8. The largest absolute Gasteiger partial charge is 0.323 e. The average molecular weight is 366 g/mol. The van der Waals surface area contributed by atoms with Crippen molar-refractivity contribution in [3.8, 4) is 0 Å². The molecule has 2 amide bonds. The van der Waals surface area contributed by atoms with E-state index in [4.69, 9.17) is 11.6 Å². The van der Waals surface area contributed by atoms with Crippen LogP contribution in [0.1, 0.15) is 11.1 Å². The minimum Gasteiger partial charge on any atom is -0.314 e. The second-order valence-electron chi connectivity index (χ2n) is 4.40. The summed E-state index contributed by atoms with van der Waals surface area (Å²) in [7, 11) is 0. The van der Waals surface area contributed by atoms with Crippen molar-refractivity contribution in [3.05, 3.63) is 69.3 Å². The molecule has 2 aromatic rings. The lowest BCUT2D eigenvalue weighted by atomic mass is 10.2. The molecule has 0 bridgehead atoms. The molecule has 0 fully saturated rings. The van der Waals surface area contributed by atoms with Gasteiger partial charge in [0, 0.05) is 21.4 Å². The van der Waals surface area contributed by atoms with Crippen LogP contribution >= 0.6 is 27.5 Å². The first kappa shape index (κ1) is 15.6. The number of urea groups is 1. The van der Waals surface area contributed by atoms with Gasteiger partial charge in [-0.3, -0.25) is 0 Å². The summed E-state index contributed by atoms with van der Waals surface area (Å²) < 4.78 is 1.02. The van der Waals surface area contributed by atoms with Gasteiger partial charge in [-0.1, -0.05) is 45.7 Å². The molecule has 0 unspecified atom stereocenters. The first-order valence-corrected chi connectivity index (χ1v) is 7.48. The van der Waals surface area contributed by atoms with E-state index < -0.39 is 0 Å². The number of rotatable bonds is 3. The highest BCUT2D eigenvalue weighted by molar-refractivity contribution is 9.10. The molecule has 3 nitrogen and oxygen atoms in total. The molecule has 2 aromatic carbocycles. The predicted molar refractivity (Wildman–Crippen MR) is 91.5 cm³/mol. The minimum atomic E-state index is -0.311. The van der Waals surface area contributed by atoms with Crippen LogP contribution in [0.15, 0.2) is 53.1 Å². The number of benzene rings is 2. The van der Waals surface area contributed by atoms with E-state index in [9.17, 15) is 4.79 Å². The van der Waals surface area contributed by atoms with Gasteiger partial charge >= 0.3 is 6.03 Å². The number of anilines is 1. The molecule has 2 N–H and O–H groups in total. The standard InChI is InChI=1S/C16H14BrClN2O/c1-11-14(18)3-2-4-15(11)20-16(21)19-10-9-12-5-7-13(17)8-6-12/h2-10H,1H3,(H2,19,20,21)/b10-9+. The second-order valence-corrected chi connectivity index (χ2v) is 5.72. The van der Waals surface area contributed by atoms with Crippen LogP contribution in [0.4, 0.5) is 10.5 Å². The van der Waals surface area contributed by atoms with E-state index in [2.05, 4.69) is 26.6 Å². The predicted octanol–water partition coefficient (Wildman–Crippen LogP) is 5.20. The highest BCUT2D eigenvalue weighted by Crippen LogP contribution is 2.22. The summed E-state index contributed by atoms with van der Waals surface area (Å²) in [5.41, 5.74) is 2.53. The number of carbonyl (C=O) groups is 1. The van der Waals surface area contributed by atoms with Crippen molar-refractivity contribution in [3.63, 3.8) is 0 Å². The minimum absolute atomic E-state index is 0.311. The molecule has 0 saturated heterocycles. The van der Waals surface area contributed by atoms with E-state index in [0.29, 0.717) is 10.7 Å². The maximum absolute atomic E-state index is 11.8. The van der Waals surface area contributed by atoms with E-state index >= 15 is 0 Å². The topological polar surface area (TPSA) is 41.1 Å². The highest BCUT2D eigenvalue weighted by atomic mass is 79.9. The van der Waals surface area contributed by atoms with Crippen LogP contribution in [-0.2, 0) is 0 Å². The molecule has 0 aliphatic rings. The fraction of sp³-hybridized carbons (Fsp3) is 0.0625. The molecular weight excluding hydrogens is 352 g/mol. The zero-order valence-electron chi connectivity index (χ0n) is 11.4. The molecule has 0 atom stereocenters. The van der Waals surface area contributed by atoms with Crippen molar-refractivity contribution >= 4 is 45.3 Å². The molecule has 108 valence electrons. The van der Waals surface area contributed by atoms with Crippen molar-refractivity contribution in [2.24, 2.45) is 0 Å².